The summed E-state index contributed by atoms with van der Waals surface area (Å²) in [6, 6.07) is 3.22. The van der Waals surface area contributed by atoms with Crippen LogP contribution in [-0.2, 0) is 0 Å². The van der Waals surface area contributed by atoms with Crippen LogP contribution in [0.2, 0.25) is 0 Å². The first-order valence-electron chi connectivity index (χ1n) is 7.40. The van der Waals surface area contributed by atoms with Crippen molar-refractivity contribution in [1.29, 1.82) is 0 Å². The molecule has 0 saturated heterocycles. The molecule has 1 aromatic heterocycles. The summed E-state index contributed by atoms with van der Waals surface area (Å²) in [4.78, 5) is 12.6. The summed E-state index contributed by atoms with van der Waals surface area (Å²) in [6.07, 6.45) is 5.62. The molecule has 2 aromatic rings. The highest BCUT2D eigenvalue weighted by Crippen LogP contribution is 2.44. The highest BCUT2D eigenvalue weighted by atomic mass is 32.2. The number of ether oxygens (including phenoxy) is 1. The van der Waals surface area contributed by atoms with Gasteiger partial charge in [0.25, 0.3) is 0 Å². The Balaban J connectivity index is 1.87. The Morgan fingerprint density at radius 1 is 1.22 bits per heavy atom. The molecule has 0 aliphatic carbocycles. The van der Waals surface area contributed by atoms with Crippen LogP contribution >= 0.6 is 11.8 Å². The molecule has 2 aliphatic heterocycles. The summed E-state index contributed by atoms with van der Waals surface area (Å²) in [7, 11) is 0. The zero-order valence-electron chi connectivity index (χ0n) is 12.3. The smallest absolute Gasteiger partial charge is 0.166 e. The molecular weight excluding hydrogens is 315 g/mol. The van der Waals surface area contributed by atoms with Crippen molar-refractivity contribution in [2.24, 2.45) is 16.6 Å². The number of fused-ring (bicyclic) bond motifs is 3. The van der Waals surface area contributed by atoms with Crippen LogP contribution in [0.4, 0.5) is 4.39 Å². The number of nitrogens with zero attached hydrogens (tertiary/aromatic N) is 3. The van der Waals surface area contributed by atoms with Crippen molar-refractivity contribution in [2.75, 3.05) is 12.4 Å². The zero-order chi connectivity index (χ0) is 15.8. The fourth-order valence-electron chi connectivity index (χ4n) is 3.04. The average Bonchev–Trinajstić information content (AvgIpc) is 2.75. The van der Waals surface area contributed by atoms with Gasteiger partial charge in [0.2, 0.25) is 0 Å². The molecule has 5 nitrogen and oxygen atoms in total. The maximum atomic E-state index is 14.6. The third kappa shape index (κ3) is 2.65. The van der Waals surface area contributed by atoms with Gasteiger partial charge in [-0.2, -0.15) is 0 Å². The SMILES string of the molecule is NC1=NC2c3cc(-c4cncnc4)cc(F)c3OCCC2CS1. The van der Waals surface area contributed by atoms with Gasteiger partial charge in [0.1, 0.15) is 6.33 Å². The van der Waals surface area contributed by atoms with Crippen molar-refractivity contribution in [2.45, 2.75) is 12.5 Å². The van der Waals surface area contributed by atoms with Gasteiger partial charge in [0.05, 0.1) is 12.6 Å². The monoisotopic (exact) mass is 330 g/mol. The van der Waals surface area contributed by atoms with Gasteiger partial charge in [-0.05, 0) is 30.0 Å². The number of hydrogen-bond acceptors (Lipinski definition) is 6. The first kappa shape index (κ1) is 14.4. The van der Waals surface area contributed by atoms with Crippen molar-refractivity contribution in [3.8, 4) is 16.9 Å². The van der Waals surface area contributed by atoms with Crippen molar-refractivity contribution < 1.29 is 9.13 Å². The van der Waals surface area contributed by atoms with Crippen LogP contribution in [0.1, 0.15) is 18.0 Å². The Morgan fingerprint density at radius 3 is 2.87 bits per heavy atom. The van der Waals surface area contributed by atoms with E-state index in [0.717, 1.165) is 28.9 Å². The van der Waals surface area contributed by atoms with E-state index in [0.29, 0.717) is 23.4 Å². The van der Waals surface area contributed by atoms with Gasteiger partial charge < -0.3 is 10.5 Å². The van der Waals surface area contributed by atoms with Gasteiger partial charge in [0, 0.05) is 29.3 Å². The van der Waals surface area contributed by atoms with Crippen molar-refractivity contribution in [3.63, 3.8) is 0 Å². The number of rotatable bonds is 1. The summed E-state index contributed by atoms with van der Waals surface area (Å²) in [5.74, 6) is 1.09. The Hall–Kier alpha value is -2.15. The topological polar surface area (TPSA) is 73.4 Å². The summed E-state index contributed by atoms with van der Waals surface area (Å²) in [6.45, 7) is 0.495. The Labute approximate surface area is 137 Å². The minimum atomic E-state index is -0.381. The molecule has 0 fully saturated rings. The van der Waals surface area contributed by atoms with Crippen LogP contribution in [-0.4, -0.2) is 27.5 Å². The lowest BCUT2D eigenvalue weighted by Crippen LogP contribution is -2.24. The second-order valence-corrected chi connectivity index (χ2v) is 6.66. The third-order valence-electron chi connectivity index (χ3n) is 4.18. The maximum Gasteiger partial charge on any atom is 0.166 e. The standard InChI is InChI=1S/C16H15FN4OS/c17-13-4-10(11-5-19-8-20-6-11)3-12-14-9(1-2-22-15(12)13)7-23-16(18)21-14/h3-6,8-9,14H,1-2,7H2,(H2,18,21). The molecular formula is C16H15FN4OS. The van der Waals surface area contributed by atoms with E-state index in [1.165, 1.54) is 12.4 Å². The molecule has 1 aromatic carbocycles. The Bertz CT molecular complexity index is 768. The second-order valence-electron chi connectivity index (χ2n) is 5.62. The molecule has 2 N–H and O–H groups in total. The molecule has 23 heavy (non-hydrogen) atoms. The Kier molecular flexibility index (Phi) is 3.65. The van der Waals surface area contributed by atoms with E-state index in [1.807, 2.05) is 6.07 Å². The average molecular weight is 330 g/mol. The van der Waals surface area contributed by atoms with Crippen molar-refractivity contribution in [3.05, 3.63) is 42.2 Å². The largest absolute Gasteiger partial charge is 0.490 e. The molecule has 2 aliphatic rings. The van der Waals surface area contributed by atoms with E-state index in [1.54, 1.807) is 24.2 Å². The highest BCUT2D eigenvalue weighted by Gasteiger charge is 2.33. The van der Waals surface area contributed by atoms with Gasteiger partial charge >= 0.3 is 0 Å². The molecule has 0 spiro atoms. The minimum absolute atomic E-state index is 0.159. The number of thioether (sulfide) groups is 1. The van der Waals surface area contributed by atoms with Crippen LogP contribution in [0.5, 0.6) is 5.75 Å². The number of hydrogen-bond donors (Lipinski definition) is 1. The van der Waals surface area contributed by atoms with Crippen LogP contribution in [0, 0.1) is 11.7 Å². The van der Waals surface area contributed by atoms with Crippen LogP contribution in [0.3, 0.4) is 0 Å². The predicted molar refractivity (Wildman–Crippen MR) is 87.8 cm³/mol. The van der Waals surface area contributed by atoms with Gasteiger partial charge in [-0.25, -0.2) is 14.4 Å². The van der Waals surface area contributed by atoms with Gasteiger partial charge in [-0.3, -0.25) is 4.99 Å². The van der Waals surface area contributed by atoms with Crippen LogP contribution < -0.4 is 10.5 Å². The molecule has 4 rings (SSSR count). The summed E-state index contributed by atoms with van der Waals surface area (Å²) < 4.78 is 20.3. The minimum Gasteiger partial charge on any atom is -0.490 e. The van der Waals surface area contributed by atoms with E-state index < -0.39 is 0 Å². The predicted octanol–water partition coefficient (Wildman–Crippen LogP) is 2.78. The molecule has 7 heteroatoms. The summed E-state index contributed by atoms with van der Waals surface area (Å²) >= 11 is 1.55. The van der Waals surface area contributed by atoms with E-state index in [4.69, 9.17) is 10.5 Å². The number of aromatic nitrogens is 2. The van der Waals surface area contributed by atoms with Gasteiger partial charge in [0.15, 0.2) is 16.7 Å². The van der Waals surface area contributed by atoms with Crippen LogP contribution in [0.25, 0.3) is 11.1 Å². The molecule has 2 atom stereocenters. The van der Waals surface area contributed by atoms with E-state index in [9.17, 15) is 4.39 Å². The lowest BCUT2D eigenvalue weighted by atomic mass is 9.90. The van der Waals surface area contributed by atoms with Crippen LogP contribution in [0.15, 0.2) is 35.8 Å². The molecule has 0 bridgehead atoms. The quantitative estimate of drug-likeness (QED) is 0.870. The lowest BCUT2D eigenvalue weighted by molar-refractivity contribution is 0.284. The summed E-state index contributed by atoms with van der Waals surface area (Å²) in [5.41, 5.74) is 8.14. The number of aliphatic imine (C=N–C) groups is 1. The molecule has 0 radical (unpaired) electrons. The molecule has 2 unspecified atom stereocenters. The maximum absolute atomic E-state index is 14.6. The first-order chi connectivity index (χ1) is 11.2. The van der Waals surface area contributed by atoms with Crippen molar-refractivity contribution >= 4 is 16.9 Å². The number of halogens is 1. The van der Waals surface area contributed by atoms with E-state index in [2.05, 4.69) is 15.0 Å². The fourth-order valence-corrected chi connectivity index (χ4v) is 3.96. The van der Waals surface area contributed by atoms with E-state index >= 15 is 0 Å². The highest BCUT2D eigenvalue weighted by molar-refractivity contribution is 8.13. The van der Waals surface area contributed by atoms with Gasteiger partial charge in [-0.15, -0.1) is 0 Å². The molecule has 118 valence electrons. The fraction of sp³-hybridized carbons (Fsp3) is 0.312. The third-order valence-corrected chi connectivity index (χ3v) is 5.17. The van der Waals surface area contributed by atoms with Gasteiger partial charge in [-0.1, -0.05) is 11.8 Å². The van der Waals surface area contributed by atoms with Crippen molar-refractivity contribution in [1.82, 2.24) is 9.97 Å². The normalized spacial score (nSPS) is 23.1. The first-order valence-corrected chi connectivity index (χ1v) is 8.38. The molecule has 3 heterocycles. The molecule has 0 amide bonds. The second kappa shape index (κ2) is 5.81. The zero-order valence-corrected chi connectivity index (χ0v) is 13.1. The Morgan fingerprint density at radius 2 is 2.04 bits per heavy atom. The number of amidine groups is 1. The molecule has 0 saturated carbocycles. The number of nitrogens with two attached hydrogens (primary N) is 1. The summed E-state index contributed by atoms with van der Waals surface area (Å²) in [5, 5.41) is 0.549. The number of benzene rings is 1. The lowest BCUT2D eigenvalue weighted by Gasteiger charge is -2.26. The van der Waals surface area contributed by atoms with E-state index in [-0.39, 0.29) is 11.9 Å².